The lowest BCUT2D eigenvalue weighted by Crippen LogP contribution is -2.15. The molecule has 1 N–H and O–H groups in total. The molecule has 2 aromatic heterocycles. The minimum absolute atomic E-state index is 0.928. The molecule has 0 aliphatic carbocycles. The molecule has 0 radical (unpaired) electrons. The van der Waals surface area contributed by atoms with Crippen LogP contribution in [0.15, 0.2) is 27.6 Å². The quantitative estimate of drug-likeness (QED) is 0.857. The maximum Gasteiger partial charge on any atom is 0.0794 e. The largest absolute Gasteiger partial charge is 0.311 e. The summed E-state index contributed by atoms with van der Waals surface area (Å²) in [5.41, 5.74) is 1.87. The van der Waals surface area contributed by atoms with Crippen molar-refractivity contribution in [1.29, 1.82) is 0 Å². The van der Waals surface area contributed by atoms with Crippen LogP contribution in [0.5, 0.6) is 0 Å². The van der Waals surface area contributed by atoms with Gasteiger partial charge in [-0.1, -0.05) is 0 Å². The van der Waals surface area contributed by atoms with Gasteiger partial charge >= 0.3 is 0 Å². The normalized spacial score (nSPS) is 10.7. The molecule has 0 saturated heterocycles. The Kier molecular flexibility index (Phi) is 4.31. The average Bonchev–Trinajstić information content (AvgIpc) is 2.84. The van der Waals surface area contributed by atoms with Crippen LogP contribution in [0.3, 0.4) is 0 Å². The molecular formula is C10H11BrN2S2. The van der Waals surface area contributed by atoms with Gasteiger partial charge in [-0.3, -0.25) is 4.98 Å². The number of nitrogens with one attached hydrogen (secondary N) is 1. The van der Waals surface area contributed by atoms with Crippen molar-refractivity contribution >= 4 is 38.6 Å². The van der Waals surface area contributed by atoms with Crippen LogP contribution >= 0.6 is 38.6 Å². The van der Waals surface area contributed by atoms with Crippen LogP contribution in [0.2, 0.25) is 0 Å². The molecule has 0 fully saturated rings. The van der Waals surface area contributed by atoms with Crippen LogP contribution < -0.4 is 5.32 Å². The first-order valence-electron chi connectivity index (χ1n) is 4.67. The van der Waals surface area contributed by atoms with Gasteiger partial charge in [-0.25, -0.2) is 0 Å². The highest BCUT2D eigenvalue weighted by Gasteiger charge is 1.98. The summed E-state index contributed by atoms with van der Waals surface area (Å²) in [6, 6.07) is 4.27. The van der Waals surface area contributed by atoms with Gasteiger partial charge in [-0.2, -0.15) is 0 Å². The Bertz CT molecular complexity index is 397. The SMILES string of the molecule is Brc1ccc(CCNCc2cncs2)s1. The van der Waals surface area contributed by atoms with Crippen molar-refractivity contribution in [2.45, 2.75) is 13.0 Å². The van der Waals surface area contributed by atoms with E-state index < -0.39 is 0 Å². The van der Waals surface area contributed by atoms with Crippen molar-refractivity contribution < 1.29 is 0 Å². The summed E-state index contributed by atoms with van der Waals surface area (Å²) in [7, 11) is 0. The lowest BCUT2D eigenvalue weighted by atomic mass is 10.3. The number of rotatable bonds is 5. The summed E-state index contributed by atoms with van der Waals surface area (Å²) in [6.07, 6.45) is 3.01. The molecule has 0 spiro atoms. The fraction of sp³-hybridized carbons (Fsp3) is 0.300. The van der Waals surface area contributed by atoms with Crippen molar-refractivity contribution in [3.05, 3.63) is 37.4 Å². The number of aromatic nitrogens is 1. The van der Waals surface area contributed by atoms with Crippen molar-refractivity contribution in [1.82, 2.24) is 10.3 Å². The van der Waals surface area contributed by atoms with E-state index in [0.717, 1.165) is 19.5 Å². The minimum atomic E-state index is 0.928. The standard InChI is InChI=1S/C10H11BrN2S2/c11-10-2-1-8(15-10)3-4-12-5-9-6-13-7-14-9/h1-2,6-7,12H,3-5H2. The van der Waals surface area contributed by atoms with Crippen LogP contribution in [0.1, 0.15) is 9.75 Å². The Hall–Kier alpha value is -0.230. The minimum Gasteiger partial charge on any atom is -0.311 e. The highest BCUT2D eigenvalue weighted by molar-refractivity contribution is 9.11. The van der Waals surface area contributed by atoms with E-state index in [1.54, 1.807) is 22.7 Å². The van der Waals surface area contributed by atoms with Gasteiger partial charge in [0, 0.05) is 29.0 Å². The fourth-order valence-corrected chi connectivity index (χ4v) is 3.29. The first-order chi connectivity index (χ1) is 7.34. The third-order valence-electron chi connectivity index (χ3n) is 1.96. The summed E-state index contributed by atoms with van der Waals surface area (Å²) in [6.45, 7) is 1.95. The molecule has 0 bridgehead atoms. The molecule has 2 heterocycles. The Morgan fingerprint density at radius 2 is 2.27 bits per heavy atom. The predicted molar refractivity (Wildman–Crippen MR) is 69.5 cm³/mol. The van der Waals surface area contributed by atoms with Gasteiger partial charge in [0.2, 0.25) is 0 Å². The lowest BCUT2D eigenvalue weighted by molar-refractivity contribution is 0.696. The van der Waals surface area contributed by atoms with Gasteiger partial charge in [0.05, 0.1) is 9.30 Å². The topological polar surface area (TPSA) is 24.9 Å². The number of hydrogen-bond donors (Lipinski definition) is 1. The van der Waals surface area contributed by atoms with Gasteiger partial charge in [0.15, 0.2) is 0 Å². The van der Waals surface area contributed by atoms with Crippen LogP contribution in [-0.4, -0.2) is 11.5 Å². The van der Waals surface area contributed by atoms with Crippen LogP contribution in [-0.2, 0) is 13.0 Å². The zero-order chi connectivity index (χ0) is 10.5. The van der Waals surface area contributed by atoms with Gasteiger partial charge in [0.1, 0.15) is 0 Å². The van der Waals surface area contributed by atoms with Crippen molar-refractivity contribution in [3.63, 3.8) is 0 Å². The van der Waals surface area contributed by atoms with E-state index in [2.05, 4.69) is 38.4 Å². The molecule has 5 heteroatoms. The zero-order valence-corrected chi connectivity index (χ0v) is 11.3. The highest BCUT2D eigenvalue weighted by Crippen LogP contribution is 2.22. The molecule has 80 valence electrons. The maximum absolute atomic E-state index is 4.04. The fourth-order valence-electron chi connectivity index (χ4n) is 1.24. The van der Waals surface area contributed by atoms with Crippen molar-refractivity contribution in [3.8, 4) is 0 Å². The first kappa shape index (κ1) is 11.3. The maximum atomic E-state index is 4.04. The molecule has 2 nitrogen and oxygen atoms in total. The number of thiophene rings is 1. The molecule has 0 saturated carbocycles. The summed E-state index contributed by atoms with van der Waals surface area (Å²) in [4.78, 5) is 6.75. The molecule has 2 rings (SSSR count). The summed E-state index contributed by atoms with van der Waals surface area (Å²) in [5.74, 6) is 0. The van der Waals surface area contributed by atoms with Gasteiger partial charge in [0.25, 0.3) is 0 Å². The molecule has 2 aromatic rings. The number of halogens is 1. The van der Waals surface area contributed by atoms with E-state index >= 15 is 0 Å². The first-order valence-corrected chi connectivity index (χ1v) is 7.16. The molecule has 15 heavy (non-hydrogen) atoms. The number of nitrogens with zero attached hydrogens (tertiary/aromatic N) is 1. The second-order valence-corrected chi connectivity index (χ2v) is 6.62. The summed E-state index contributed by atoms with van der Waals surface area (Å²) >= 11 is 6.96. The van der Waals surface area contributed by atoms with E-state index in [4.69, 9.17) is 0 Å². The summed E-state index contributed by atoms with van der Waals surface area (Å²) < 4.78 is 1.21. The molecular weight excluding hydrogens is 292 g/mol. The lowest BCUT2D eigenvalue weighted by Gasteiger charge is -2.00. The zero-order valence-electron chi connectivity index (χ0n) is 8.07. The van der Waals surface area contributed by atoms with E-state index in [-0.39, 0.29) is 0 Å². The smallest absolute Gasteiger partial charge is 0.0794 e. The molecule has 0 aliphatic heterocycles. The third-order valence-corrected chi connectivity index (χ3v) is 4.42. The summed E-state index contributed by atoms with van der Waals surface area (Å²) in [5, 5.41) is 3.41. The Morgan fingerprint density at radius 3 is 2.93 bits per heavy atom. The van der Waals surface area contributed by atoms with E-state index in [0.29, 0.717) is 0 Å². The van der Waals surface area contributed by atoms with Gasteiger partial charge < -0.3 is 5.32 Å². The molecule has 0 atom stereocenters. The van der Waals surface area contributed by atoms with Gasteiger partial charge in [-0.05, 0) is 34.5 Å². The van der Waals surface area contributed by atoms with Crippen LogP contribution in [0.25, 0.3) is 0 Å². The highest BCUT2D eigenvalue weighted by atomic mass is 79.9. The average molecular weight is 303 g/mol. The molecule has 0 amide bonds. The van der Waals surface area contributed by atoms with Crippen LogP contribution in [0, 0.1) is 0 Å². The number of thiazole rings is 1. The van der Waals surface area contributed by atoms with E-state index in [1.807, 2.05) is 11.7 Å². The van der Waals surface area contributed by atoms with E-state index in [9.17, 15) is 0 Å². The monoisotopic (exact) mass is 302 g/mol. The van der Waals surface area contributed by atoms with Crippen LogP contribution in [0.4, 0.5) is 0 Å². The molecule has 0 aliphatic rings. The number of hydrogen-bond acceptors (Lipinski definition) is 4. The third kappa shape index (κ3) is 3.68. The second-order valence-electron chi connectivity index (χ2n) is 3.10. The van der Waals surface area contributed by atoms with E-state index in [1.165, 1.54) is 13.5 Å². The Labute approximate surface area is 106 Å². The predicted octanol–water partition coefficient (Wildman–Crippen LogP) is 3.30. The van der Waals surface area contributed by atoms with Gasteiger partial charge in [-0.15, -0.1) is 22.7 Å². The molecule has 0 aromatic carbocycles. The Morgan fingerprint density at radius 1 is 1.33 bits per heavy atom. The van der Waals surface area contributed by atoms with Crippen molar-refractivity contribution in [2.75, 3.05) is 6.54 Å². The second kappa shape index (κ2) is 5.75. The molecule has 0 unspecified atom stereocenters. The van der Waals surface area contributed by atoms with Crippen molar-refractivity contribution in [2.24, 2.45) is 0 Å². The Balaban J connectivity index is 1.67.